The maximum atomic E-state index is 13.2. The van der Waals surface area contributed by atoms with Gasteiger partial charge in [-0.1, -0.05) is 30.3 Å². The van der Waals surface area contributed by atoms with Crippen molar-refractivity contribution in [3.05, 3.63) is 87.9 Å². The summed E-state index contributed by atoms with van der Waals surface area (Å²) in [4.78, 5) is 27.8. The van der Waals surface area contributed by atoms with Crippen molar-refractivity contribution in [2.24, 2.45) is 0 Å². The van der Waals surface area contributed by atoms with E-state index in [0.717, 1.165) is 0 Å². The van der Waals surface area contributed by atoms with Crippen LogP contribution in [0.3, 0.4) is 0 Å². The maximum Gasteiger partial charge on any atom is 0.300 e. The molecule has 33 heavy (non-hydrogen) atoms. The molecule has 166 valence electrons. The molecule has 1 unspecified atom stereocenters. The lowest BCUT2D eigenvalue weighted by molar-refractivity contribution is -0.132. The van der Waals surface area contributed by atoms with Crippen LogP contribution in [0.15, 0.2) is 76.8 Å². The van der Waals surface area contributed by atoms with Gasteiger partial charge in [-0.05, 0) is 51.8 Å². The van der Waals surface area contributed by atoms with Crippen molar-refractivity contribution < 1.29 is 28.9 Å². The molecule has 2 aliphatic rings. The lowest BCUT2D eigenvalue weighted by atomic mass is 9.95. The lowest BCUT2D eigenvalue weighted by Gasteiger charge is -2.25. The van der Waals surface area contributed by atoms with E-state index in [1.807, 2.05) is 30.3 Å². The van der Waals surface area contributed by atoms with Gasteiger partial charge in [-0.25, -0.2) is 0 Å². The molecule has 2 aliphatic heterocycles. The summed E-state index contributed by atoms with van der Waals surface area (Å²) in [5.41, 5.74) is 1.53. The second-order valence-electron chi connectivity index (χ2n) is 7.47. The van der Waals surface area contributed by atoms with Crippen LogP contribution < -0.4 is 19.1 Å². The van der Waals surface area contributed by atoms with Crippen LogP contribution in [0, 0.1) is 0 Å². The van der Waals surface area contributed by atoms with Crippen molar-refractivity contribution in [3.63, 3.8) is 0 Å². The van der Waals surface area contributed by atoms with Gasteiger partial charge in [0.2, 0.25) is 6.79 Å². The SMILES string of the molecule is COc1ccc(/C(O)=C2\C(=O)C(=O)N(c3ccc4c(c3)OCO4)C2c2ccccc2)cc1Br. The summed E-state index contributed by atoms with van der Waals surface area (Å²) in [6.07, 6.45) is 0. The molecule has 2 heterocycles. The number of rotatable bonds is 4. The molecule has 0 aromatic heterocycles. The Labute approximate surface area is 197 Å². The monoisotopic (exact) mass is 507 g/mol. The molecule has 3 aromatic rings. The second kappa shape index (κ2) is 8.29. The smallest absolute Gasteiger partial charge is 0.300 e. The van der Waals surface area contributed by atoms with Crippen molar-refractivity contribution in [2.45, 2.75) is 6.04 Å². The highest BCUT2D eigenvalue weighted by Crippen LogP contribution is 2.45. The predicted octanol–water partition coefficient (Wildman–Crippen LogP) is 4.81. The molecule has 8 heteroatoms. The molecular weight excluding hydrogens is 490 g/mol. The molecule has 1 saturated heterocycles. The fraction of sp³-hybridized carbons (Fsp3) is 0.120. The van der Waals surface area contributed by atoms with Crippen LogP contribution >= 0.6 is 15.9 Å². The number of carbonyl (C=O) groups excluding carboxylic acids is 2. The number of ether oxygens (including phenoxy) is 3. The molecule has 0 spiro atoms. The molecule has 7 nitrogen and oxygen atoms in total. The Balaban J connectivity index is 1.69. The molecular formula is C25H18BrNO6. The highest BCUT2D eigenvalue weighted by atomic mass is 79.9. The van der Waals surface area contributed by atoms with Crippen molar-refractivity contribution in [2.75, 3.05) is 18.8 Å². The number of halogens is 1. The Morgan fingerprint density at radius 3 is 2.52 bits per heavy atom. The molecule has 5 rings (SSSR count). The van der Waals surface area contributed by atoms with Gasteiger partial charge in [-0.3, -0.25) is 14.5 Å². The van der Waals surface area contributed by atoms with E-state index >= 15 is 0 Å². The summed E-state index contributed by atoms with van der Waals surface area (Å²) < 4.78 is 16.7. The van der Waals surface area contributed by atoms with Crippen LogP contribution in [0.5, 0.6) is 17.2 Å². The third kappa shape index (κ3) is 3.52. The van der Waals surface area contributed by atoms with E-state index in [0.29, 0.717) is 38.5 Å². The number of fused-ring (bicyclic) bond motifs is 1. The van der Waals surface area contributed by atoms with Gasteiger partial charge in [0.05, 0.1) is 23.2 Å². The van der Waals surface area contributed by atoms with E-state index in [4.69, 9.17) is 14.2 Å². The summed E-state index contributed by atoms with van der Waals surface area (Å²) in [7, 11) is 1.53. The number of aliphatic hydroxyl groups excluding tert-OH is 1. The predicted molar refractivity (Wildman–Crippen MR) is 124 cm³/mol. The van der Waals surface area contributed by atoms with E-state index in [1.54, 1.807) is 36.4 Å². The molecule has 1 fully saturated rings. The third-order valence-corrected chi connectivity index (χ3v) is 6.24. The largest absolute Gasteiger partial charge is 0.507 e. The van der Waals surface area contributed by atoms with Gasteiger partial charge >= 0.3 is 0 Å². The molecule has 3 aromatic carbocycles. The normalized spacial score (nSPS) is 18.6. The first kappa shape index (κ1) is 21.1. The fourth-order valence-electron chi connectivity index (χ4n) is 4.05. The molecule has 1 amide bonds. The average molecular weight is 508 g/mol. The number of anilines is 1. The molecule has 0 radical (unpaired) electrons. The van der Waals surface area contributed by atoms with E-state index in [1.165, 1.54) is 12.0 Å². The highest BCUT2D eigenvalue weighted by Gasteiger charge is 2.47. The van der Waals surface area contributed by atoms with Crippen molar-refractivity contribution >= 4 is 39.1 Å². The van der Waals surface area contributed by atoms with Crippen LogP contribution in [-0.2, 0) is 9.59 Å². The Kier molecular flexibility index (Phi) is 5.30. The number of hydrogen-bond donors (Lipinski definition) is 1. The summed E-state index contributed by atoms with van der Waals surface area (Å²) in [5, 5.41) is 11.2. The van der Waals surface area contributed by atoms with Gasteiger partial charge in [-0.2, -0.15) is 0 Å². The summed E-state index contributed by atoms with van der Waals surface area (Å²) in [6, 6.07) is 18.3. The number of methoxy groups -OCH3 is 1. The highest BCUT2D eigenvalue weighted by molar-refractivity contribution is 9.10. The standard InChI is InChI=1S/C25H18BrNO6/c1-31-18-9-7-15(11-17(18)26)23(28)21-22(14-5-3-2-4-6-14)27(25(30)24(21)29)16-8-10-19-20(12-16)33-13-32-19/h2-12,22,28H,13H2,1H3/b23-21+. The molecule has 0 saturated carbocycles. The van der Waals surface area contributed by atoms with E-state index < -0.39 is 17.7 Å². The number of hydrogen-bond acceptors (Lipinski definition) is 6. The first-order valence-electron chi connectivity index (χ1n) is 10.1. The quantitative estimate of drug-likeness (QED) is 0.309. The van der Waals surface area contributed by atoms with E-state index in [2.05, 4.69) is 15.9 Å². The number of ketones is 1. The number of nitrogens with zero attached hydrogens (tertiary/aromatic N) is 1. The number of aliphatic hydroxyl groups is 1. The Morgan fingerprint density at radius 2 is 1.79 bits per heavy atom. The fourth-order valence-corrected chi connectivity index (χ4v) is 4.59. The van der Waals surface area contributed by atoms with Crippen LogP contribution in [0.25, 0.3) is 5.76 Å². The molecule has 1 N–H and O–H groups in total. The van der Waals surface area contributed by atoms with Crippen LogP contribution in [-0.4, -0.2) is 30.7 Å². The van der Waals surface area contributed by atoms with Crippen molar-refractivity contribution in [1.29, 1.82) is 0 Å². The summed E-state index contributed by atoms with van der Waals surface area (Å²) in [5.74, 6) is -0.154. The summed E-state index contributed by atoms with van der Waals surface area (Å²) >= 11 is 3.40. The van der Waals surface area contributed by atoms with Crippen LogP contribution in [0.4, 0.5) is 5.69 Å². The molecule has 0 bridgehead atoms. The van der Waals surface area contributed by atoms with Gasteiger partial charge in [0.25, 0.3) is 11.7 Å². The Hall–Kier alpha value is -3.78. The zero-order valence-corrected chi connectivity index (χ0v) is 19.0. The van der Waals surface area contributed by atoms with Crippen LogP contribution in [0.2, 0.25) is 0 Å². The molecule has 1 atom stereocenters. The van der Waals surface area contributed by atoms with E-state index in [9.17, 15) is 14.7 Å². The number of amides is 1. The minimum absolute atomic E-state index is 0.000865. The Bertz CT molecular complexity index is 1300. The first-order valence-corrected chi connectivity index (χ1v) is 10.9. The maximum absolute atomic E-state index is 13.2. The Morgan fingerprint density at radius 1 is 1.03 bits per heavy atom. The van der Waals surface area contributed by atoms with E-state index in [-0.39, 0.29) is 18.1 Å². The van der Waals surface area contributed by atoms with Gasteiger partial charge in [0, 0.05) is 17.3 Å². The van der Waals surface area contributed by atoms with Crippen molar-refractivity contribution in [1.82, 2.24) is 0 Å². The minimum Gasteiger partial charge on any atom is -0.507 e. The topological polar surface area (TPSA) is 85.3 Å². The number of carbonyl (C=O) groups is 2. The molecule has 0 aliphatic carbocycles. The van der Waals surface area contributed by atoms with Crippen LogP contribution in [0.1, 0.15) is 17.2 Å². The zero-order valence-electron chi connectivity index (χ0n) is 17.4. The number of benzene rings is 3. The average Bonchev–Trinajstić information content (AvgIpc) is 3.41. The lowest BCUT2D eigenvalue weighted by Crippen LogP contribution is -2.29. The van der Waals surface area contributed by atoms with Gasteiger partial charge in [-0.15, -0.1) is 0 Å². The number of Topliss-reactive ketones (excluding diaryl/α,β-unsaturated/α-hetero) is 1. The van der Waals surface area contributed by atoms with Gasteiger partial charge in [0.1, 0.15) is 11.5 Å². The second-order valence-corrected chi connectivity index (χ2v) is 8.32. The van der Waals surface area contributed by atoms with Gasteiger partial charge < -0.3 is 19.3 Å². The van der Waals surface area contributed by atoms with Crippen molar-refractivity contribution in [3.8, 4) is 17.2 Å². The minimum atomic E-state index is -0.826. The van der Waals surface area contributed by atoms with Gasteiger partial charge in [0.15, 0.2) is 11.5 Å². The summed E-state index contributed by atoms with van der Waals surface area (Å²) in [6.45, 7) is 0.0894. The first-order chi connectivity index (χ1) is 16.0. The third-order valence-electron chi connectivity index (χ3n) is 5.62. The zero-order chi connectivity index (χ0) is 23.1.